The first kappa shape index (κ1) is 22.2. The molecule has 0 bridgehead atoms. The number of imidazole rings is 1. The summed E-state index contributed by atoms with van der Waals surface area (Å²) >= 11 is 0. The van der Waals surface area contributed by atoms with Crippen LogP contribution >= 0.6 is 0 Å². The Morgan fingerprint density at radius 3 is 2.70 bits per heavy atom. The van der Waals surface area contributed by atoms with Gasteiger partial charge in [-0.2, -0.15) is 9.97 Å². The van der Waals surface area contributed by atoms with Crippen LogP contribution < -0.4 is 11.1 Å². The van der Waals surface area contributed by atoms with E-state index in [1.165, 1.54) is 10.9 Å². The van der Waals surface area contributed by atoms with Crippen molar-refractivity contribution in [3.05, 3.63) is 6.33 Å². The minimum absolute atomic E-state index is 0.125. The van der Waals surface area contributed by atoms with Crippen molar-refractivity contribution >= 4 is 28.9 Å². The highest BCUT2D eigenvalue weighted by Crippen LogP contribution is 2.32. The van der Waals surface area contributed by atoms with E-state index in [-0.39, 0.29) is 24.2 Å². The van der Waals surface area contributed by atoms with Crippen LogP contribution in [0.2, 0.25) is 0 Å². The number of ether oxygens (including phenoxy) is 2. The fourth-order valence-corrected chi connectivity index (χ4v) is 3.14. The maximum Gasteiger partial charge on any atom is 0.306 e. The molecule has 0 aliphatic carbocycles. The Labute approximate surface area is 173 Å². The van der Waals surface area contributed by atoms with E-state index < -0.39 is 36.7 Å². The first-order valence-electron chi connectivity index (χ1n) is 9.69. The second-order valence-corrected chi connectivity index (χ2v) is 8.10. The Morgan fingerprint density at radius 2 is 2.07 bits per heavy atom. The Balaban J connectivity index is 1.69. The van der Waals surface area contributed by atoms with E-state index in [9.17, 15) is 20.1 Å². The highest BCUT2D eigenvalue weighted by molar-refractivity contribution is 5.83. The molecule has 12 heteroatoms. The second-order valence-electron chi connectivity index (χ2n) is 8.10. The molecular formula is C18H28N6O6. The molecule has 0 saturated carbocycles. The number of nitrogen functional groups attached to an aromatic ring is 1. The van der Waals surface area contributed by atoms with Crippen molar-refractivity contribution < 1.29 is 29.6 Å². The molecule has 1 fully saturated rings. The van der Waals surface area contributed by atoms with Crippen molar-refractivity contribution in [2.24, 2.45) is 0 Å². The molecule has 6 N–H and O–H groups in total. The summed E-state index contributed by atoms with van der Waals surface area (Å²) < 4.78 is 12.2. The van der Waals surface area contributed by atoms with Gasteiger partial charge in [0.2, 0.25) is 5.95 Å². The van der Waals surface area contributed by atoms with Gasteiger partial charge in [-0.1, -0.05) is 0 Å². The standard InChI is InChI=1S/C18H28N6O6/c1-18(2,3)30-10(26)5-4-6-20-17-22-14(19)11-15(23-17)24(8-21-11)16-13(28)12(27)9(7-25)29-16/h8-9,12-13,16,25,27-28H,4-7H2,1-3H3,(H3,19,20,22,23)/t9-,12-,13-,16-/m1/s1. The average Bonchev–Trinajstić information content (AvgIpc) is 3.19. The van der Waals surface area contributed by atoms with E-state index >= 15 is 0 Å². The van der Waals surface area contributed by atoms with Crippen molar-refractivity contribution in [2.45, 2.75) is 63.8 Å². The monoisotopic (exact) mass is 424 g/mol. The van der Waals surface area contributed by atoms with Gasteiger partial charge in [-0.3, -0.25) is 9.36 Å². The van der Waals surface area contributed by atoms with Gasteiger partial charge in [0.25, 0.3) is 0 Å². The molecule has 0 unspecified atom stereocenters. The third-order valence-electron chi connectivity index (χ3n) is 4.50. The minimum atomic E-state index is -1.28. The molecule has 0 aromatic carbocycles. The number of esters is 1. The molecule has 12 nitrogen and oxygen atoms in total. The summed E-state index contributed by atoms with van der Waals surface area (Å²) in [5.74, 6) is 0.0560. The van der Waals surface area contributed by atoms with Crippen LogP contribution in [0.1, 0.15) is 39.8 Å². The average molecular weight is 424 g/mol. The molecule has 30 heavy (non-hydrogen) atoms. The molecule has 1 aliphatic heterocycles. The Morgan fingerprint density at radius 1 is 1.33 bits per heavy atom. The van der Waals surface area contributed by atoms with Crippen LogP contribution in [-0.4, -0.2) is 77.9 Å². The van der Waals surface area contributed by atoms with Gasteiger partial charge in [-0.15, -0.1) is 0 Å². The quantitative estimate of drug-likeness (QED) is 0.287. The lowest BCUT2D eigenvalue weighted by Crippen LogP contribution is -2.33. The number of hydrogen-bond donors (Lipinski definition) is 5. The molecule has 3 rings (SSSR count). The number of hydrogen-bond acceptors (Lipinski definition) is 11. The molecule has 1 saturated heterocycles. The normalized spacial score (nSPS) is 24.3. The summed E-state index contributed by atoms with van der Waals surface area (Å²) in [7, 11) is 0. The van der Waals surface area contributed by atoms with Crippen LogP contribution in [0.5, 0.6) is 0 Å². The van der Waals surface area contributed by atoms with E-state index in [1.807, 2.05) is 20.8 Å². The lowest BCUT2D eigenvalue weighted by atomic mass is 10.1. The predicted molar refractivity (Wildman–Crippen MR) is 106 cm³/mol. The van der Waals surface area contributed by atoms with Gasteiger partial charge >= 0.3 is 5.97 Å². The summed E-state index contributed by atoms with van der Waals surface area (Å²) in [4.78, 5) is 24.5. The second kappa shape index (κ2) is 8.68. The van der Waals surface area contributed by atoms with Crippen LogP contribution in [0.3, 0.4) is 0 Å². The zero-order chi connectivity index (χ0) is 22.1. The number of nitrogens with zero attached hydrogens (tertiary/aromatic N) is 4. The van der Waals surface area contributed by atoms with Gasteiger partial charge in [-0.05, 0) is 27.2 Å². The number of rotatable bonds is 7. The van der Waals surface area contributed by atoms with Crippen LogP contribution in [0, 0.1) is 0 Å². The van der Waals surface area contributed by atoms with Crippen molar-refractivity contribution in [3.63, 3.8) is 0 Å². The minimum Gasteiger partial charge on any atom is -0.460 e. The number of carbonyl (C=O) groups excluding carboxylic acids is 1. The molecule has 0 amide bonds. The third-order valence-corrected chi connectivity index (χ3v) is 4.50. The fraction of sp³-hybridized carbons (Fsp3) is 0.667. The van der Waals surface area contributed by atoms with E-state index in [1.54, 1.807) is 0 Å². The van der Waals surface area contributed by atoms with Gasteiger partial charge in [0, 0.05) is 13.0 Å². The van der Waals surface area contributed by atoms with E-state index in [0.717, 1.165) is 0 Å². The van der Waals surface area contributed by atoms with Crippen molar-refractivity contribution in [1.82, 2.24) is 19.5 Å². The number of aromatic nitrogens is 4. The molecule has 3 heterocycles. The van der Waals surface area contributed by atoms with Crippen molar-refractivity contribution in [1.29, 1.82) is 0 Å². The predicted octanol–water partition coefficient (Wildman–Crippen LogP) is -0.446. The number of nitrogens with two attached hydrogens (primary N) is 1. The van der Waals surface area contributed by atoms with Gasteiger partial charge < -0.3 is 35.8 Å². The third kappa shape index (κ3) is 4.78. The van der Waals surface area contributed by atoms with Crippen LogP contribution in [-0.2, 0) is 14.3 Å². The number of aliphatic hydroxyl groups is 3. The number of carbonyl (C=O) groups is 1. The number of nitrogens with one attached hydrogen (secondary N) is 1. The van der Waals surface area contributed by atoms with E-state index in [4.69, 9.17) is 15.2 Å². The Bertz CT molecular complexity index is 897. The Hall–Kier alpha value is -2.54. The van der Waals surface area contributed by atoms with Gasteiger partial charge in [0.05, 0.1) is 12.9 Å². The van der Waals surface area contributed by atoms with E-state index in [2.05, 4.69) is 20.3 Å². The SMILES string of the molecule is CC(C)(C)OC(=O)CCCNc1nc(N)c2ncn([C@@H]3O[C@H](CO)[C@@H](O)[C@H]3O)c2n1. The summed E-state index contributed by atoms with van der Waals surface area (Å²) in [6.07, 6.45) is -2.32. The number of fused-ring (bicyclic) bond motifs is 1. The Kier molecular flexibility index (Phi) is 6.41. The molecule has 2 aromatic heterocycles. The lowest BCUT2D eigenvalue weighted by molar-refractivity contribution is -0.154. The molecule has 4 atom stereocenters. The molecule has 2 aromatic rings. The first-order chi connectivity index (χ1) is 14.1. The lowest BCUT2D eigenvalue weighted by Gasteiger charge is -2.19. The van der Waals surface area contributed by atoms with E-state index in [0.29, 0.717) is 24.1 Å². The highest BCUT2D eigenvalue weighted by atomic mass is 16.6. The number of aliphatic hydroxyl groups excluding tert-OH is 3. The summed E-state index contributed by atoms with van der Waals surface area (Å²) in [5, 5.41) is 32.5. The number of anilines is 2. The smallest absolute Gasteiger partial charge is 0.306 e. The maximum atomic E-state index is 11.8. The van der Waals surface area contributed by atoms with Gasteiger partial charge in [-0.25, -0.2) is 4.98 Å². The summed E-state index contributed by atoms with van der Waals surface area (Å²) in [6, 6.07) is 0. The highest BCUT2D eigenvalue weighted by Gasteiger charge is 2.44. The van der Waals surface area contributed by atoms with Crippen molar-refractivity contribution in [2.75, 3.05) is 24.2 Å². The fourth-order valence-electron chi connectivity index (χ4n) is 3.14. The summed E-state index contributed by atoms with van der Waals surface area (Å²) in [5.41, 5.74) is 6.06. The zero-order valence-electron chi connectivity index (χ0n) is 17.1. The molecular weight excluding hydrogens is 396 g/mol. The molecule has 166 valence electrons. The zero-order valence-corrected chi connectivity index (χ0v) is 17.1. The molecule has 0 spiro atoms. The van der Waals surface area contributed by atoms with Gasteiger partial charge in [0.15, 0.2) is 17.7 Å². The van der Waals surface area contributed by atoms with Gasteiger partial charge in [0.1, 0.15) is 29.4 Å². The first-order valence-corrected chi connectivity index (χ1v) is 9.69. The van der Waals surface area contributed by atoms with Crippen LogP contribution in [0.4, 0.5) is 11.8 Å². The largest absolute Gasteiger partial charge is 0.460 e. The van der Waals surface area contributed by atoms with Crippen LogP contribution in [0.15, 0.2) is 6.33 Å². The summed E-state index contributed by atoms with van der Waals surface area (Å²) in [6.45, 7) is 5.40. The molecule has 0 radical (unpaired) electrons. The van der Waals surface area contributed by atoms with Crippen molar-refractivity contribution in [3.8, 4) is 0 Å². The molecule has 1 aliphatic rings. The maximum absolute atomic E-state index is 11.8. The van der Waals surface area contributed by atoms with Crippen LogP contribution in [0.25, 0.3) is 11.2 Å². The topological polar surface area (TPSA) is 178 Å².